The summed E-state index contributed by atoms with van der Waals surface area (Å²) >= 11 is 1.60. The van der Waals surface area contributed by atoms with Crippen LogP contribution in [0.15, 0.2) is 52.4 Å². The van der Waals surface area contributed by atoms with E-state index in [1.165, 1.54) is 0 Å². The quantitative estimate of drug-likeness (QED) is 0.729. The number of benzene rings is 1. The lowest BCUT2D eigenvalue weighted by Crippen LogP contribution is -1.95. The van der Waals surface area contributed by atoms with E-state index < -0.39 is 0 Å². The summed E-state index contributed by atoms with van der Waals surface area (Å²) in [7, 11) is 0. The average molecular weight is 282 g/mol. The van der Waals surface area contributed by atoms with Crippen LogP contribution in [0.1, 0.15) is 11.3 Å². The molecule has 0 N–H and O–H groups in total. The highest BCUT2D eigenvalue weighted by molar-refractivity contribution is 7.13. The van der Waals surface area contributed by atoms with Crippen molar-refractivity contribution in [1.82, 2.24) is 5.16 Å². The molecule has 5 heteroatoms. The molecule has 0 amide bonds. The Balaban J connectivity index is 1.65. The van der Waals surface area contributed by atoms with Gasteiger partial charge in [-0.05, 0) is 35.7 Å². The van der Waals surface area contributed by atoms with Crippen LogP contribution in [0.2, 0.25) is 0 Å². The van der Waals surface area contributed by atoms with Crippen LogP contribution in [-0.2, 0) is 6.61 Å². The van der Waals surface area contributed by atoms with Crippen LogP contribution in [-0.4, -0.2) is 5.16 Å². The molecule has 3 rings (SSSR count). The maximum atomic E-state index is 8.72. The van der Waals surface area contributed by atoms with Gasteiger partial charge in [0.2, 0.25) is 0 Å². The van der Waals surface area contributed by atoms with Crippen LogP contribution in [0.5, 0.6) is 5.75 Å². The molecule has 1 aromatic carbocycles. The van der Waals surface area contributed by atoms with Gasteiger partial charge in [0.25, 0.3) is 0 Å². The summed E-state index contributed by atoms with van der Waals surface area (Å²) in [5, 5.41) is 14.7. The summed E-state index contributed by atoms with van der Waals surface area (Å²) in [6, 6.07) is 14.8. The van der Waals surface area contributed by atoms with Crippen molar-refractivity contribution in [2.75, 3.05) is 0 Å². The minimum Gasteiger partial charge on any atom is -0.487 e. The van der Waals surface area contributed by atoms with Crippen LogP contribution in [0.3, 0.4) is 0 Å². The Labute approximate surface area is 119 Å². The second-order valence-electron chi connectivity index (χ2n) is 4.08. The topological polar surface area (TPSA) is 59.0 Å². The van der Waals surface area contributed by atoms with Crippen molar-refractivity contribution in [3.63, 3.8) is 0 Å². The van der Waals surface area contributed by atoms with E-state index in [0.717, 1.165) is 16.3 Å². The van der Waals surface area contributed by atoms with Crippen molar-refractivity contribution >= 4 is 11.3 Å². The molecule has 0 radical (unpaired) electrons. The fraction of sp³-hybridized carbons (Fsp3) is 0.0667. The van der Waals surface area contributed by atoms with Crippen LogP contribution in [0.4, 0.5) is 0 Å². The lowest BCUT2D eigenvalue weighted by molar-refractivity contribution is 0.290. The SMILES string of the molecule is N#Cc1ccc(OCc2cc(-c3cccs3)on2)cc1. The molecule has 3 aromatic rings. The first-order valence-electron chi connectivity index (χ1n) is 5.97. The fourth-order valence-corrected chi connectivity index (χ4v) is 2.37. The van der Waals surface area contributed by atoms with Gasteiger partial charge in [0.05, 0.1) is 16.5 Å². The van der Waals surface area contributed by atoms with E-state index in [1.54, 1.807) is 35.6 Å². The Kier molecular flexibility index (Phi) is 3.48. The molecule has 0 bridgehead atoms. The highest BCUT2D eigenvalue weighted by atomic mass is 32.1. The van der Waals surface area contributed by atoms with Crippen molar-refractivity contribution < 1.29 is 9.26 Å². The van der Waals surface area contributed by atoms with Crippen LogP contribution in [0.25, 0.3) is 10.6 Å². The zero-order valence-corrected chi connectivity index (χ0v) is 11.3. The molecule has 0 atom stereocenters. The molecular weight excluding hydrogens is 272 g/mol. The van der Waals surface area contributed by atoms with Gasteiger partial charge in [-0.1, -0.05) is 11.2 Å². The molecule has 0 unspecified atom stereocenters. The molecule has 0 aliphatic heterocycles. The zero-order chi connectivity index (χ0) is 13.8. The molecule has 20 heavy (non-hydrogen) atoms. The van der Waals surface area contributed by atoms with Gasteiger partial charge in [-0.25, -0.2) is 0 Å². The van der Waals surface area contributed by atoms with Crippen LogP contribution >= 0.6 is 11.3 Å². The molecule has 0 fully saturated rings. The zero-order valence-electron chi connectivity index (χ0n) is 10.4. The third kappa shape index (κ3) is 2.71. The predicted octanol–water partition coefficient (Wildman–Crippen LogP) is 3.85. The number of nitriles is 1. The molecule has 0 aliphatic rings. The number of thiophene rings is 1. The van der Waals surface area contributed by atoms with E-state index >= 15 is 0 Å². The first kappa shape index (κ1) is 12.5. The smallest absolute Gasteiger partial charge is 0.177 e. The first-order chi connectivity index (χ1) is 9.85. The second kappa shape index (κ2) is 5.59. The Hall–Kier alpha value is -2.58. The first-order valence-corrected chi connectivity index (χ1v) is 6.85. The minimum absolute atomic E-state index is 0.334. The highest BCUT2D eigenvalue weighted by Gasteiger charge is 2.08. The lowest BCUT2D eigenvalue weighted by Gasteiger charge is -2.02. The summed E-state index contributed by atoms with van der Waals surface area (Å²) < 4.78 is 10.9. The fourth-order valence-electron chi connectivity index (χ4n) is 1.70. The van der Waals surface area contributed by atoms with E-state index in [-0.39, 0.29) is 0 Å². The van der Waals surface area contributed by atoms with E-state index in [4.69, 9.17) is 14.5 Å². The summed E-state index contributed by atoms with van der Waals surface area (Å²) in [6.45, 7) is 0.334. The Bertz CT molecular complexity index is 724. The lowest BCUT2D eigenvalue weighted by atomic mass is 10.2. The van der Waals surface area contributed by atoms with Gasteiger partial charge in [0.15, 0.2) is 5.76 Å². The molecule has 4 nitrogen and oxygen atoms in total. The van der Waals surface area contributed by atoms with Crippen molar-refractivity contribution in [2.24, 2.45) is 0 Å². The Morgan fingerprint density at radius 2 is 2.10 bits per heavy atom. The Morgan fingerprint density at radius 1 is 1.25 bits per heavy atom. The molecule has 98 valence electrons. The number of nitrogens with zero attached hydrogens (tertiary/aromatic N) is 2. The number of hydrogen-bond donors (Lipinski definition) is 0. The van der Waals surface area contributed by atoms with Crippen molar-refractivity contribution in [3.8, 4) is 22.5 Å². The molecule has 0 saturated heterocycles. The number of aromatic nitrogens is 1. The maximum absolute atomic E-state index is 8.72. The third-order valence-electron chi connectivity index (χ3n) is 2.69. The van der Waals surface area contributed by atoms with Crippen molar-refractivity contribution in [2.45, 2.75) is 6.61 Å². The standard InChI is InChI=1S/C15H10N2O2S/c16-9-11-3-5-13(6-4-11)18-10-12-8-14(19-17-12)15-2-1-7-20-15/h1-8H,10H2. The number of ether oxygens (including phenoxy) is 1. The van der Waals surface area contributed by atoms with Gasteiger partial charge in [-0.15, -0.1) is 11.3 Å². The molecule has 0 saturated carbocycles. The van der Waals surface area contributed by atoms with Crippen molar-refractivity contribution in [1.29, 1.82) is 5.26 Å². The van der Waals surface area contributed by atoms with Gasteiger partial charge in [-0.2, -0.15) is 5.26 Å². The monoisotopic (exact) mass is 282 g/mol. The predicted molar refractivity (Wildman–Crippen MR) is 75.3 cm³/mol. The average Bonchev–Trinajstić information content (AvgIpc) is 3.16. The summed E-state index contributed by atoms with van der Waals surface area (Å²) in [4.78, 5) is 1.04. The van der Waals surface area contributed by atoms with Crippen LogP contribution < -0.4 is 4.74 Å². The van der Waals surface area contributed by atoms with E-state index in [0.29, 0.717) is 17.9 Å². The van der Waals surface area contributed by atoms with Gasteiger partial charge < -0.3 is 9.26 Å². The summed E-state index contributed by atoms with van der Waals surface area (Å²) in [5.74, 6) is 1.45. The molecule has 2 aromatic heterocycles. The highest BCUT2D eigenvalue weighted by Crippen LogP contribution is 2.25. The van der Waals surface area contributed by atoms with E-state index in [2.05, 4.69) is 11.2 Å². The number of hydrogen-bond acceptors (Lipinski definition) is 5. The van der Waals surface area contributed by atoms with E-state index in [1.807, 2.05) is 23.6 Å². The largest absolute Gasteiger partial charge is 0.487 e. The van der Waals surface area contributed by atoms with Gasteiger partial charge in [-0.3, -0.25) is 0 Å². The molecule has 0 aliphatic carbocycles. The van der Waals surface area contributed by atoms with Crippen molar-refractivity contribution in [3.05, 3.63) is 59.1 Å². The molecule has 2 heterocycles. The third-order valence-corrected chi connectivity index (χ3v) is 3.58. The van der Waals surface area contributed by atoms with Gasteiger partial charge in [0, 0.05) is 6.07 Å². The maximum Gasteiger partial charge on any atom is 0.177 e. The minimum atomic E-state index is 0.334. The Morgan fingerprint density at radius 3 is 2.80 bits per heavy atom. The summed E-state index contributed by atoms with van der Waals surface area (Å²) in [5.41, 5.74) is 1.34. The second-order valence-corrected chi connectivity index (χ2v) is 5.03. The van der Waals surface area contributed by atoms with E-state index in [9.17, 15) is 0 Å². The summed E-state index contributed by atoms with van der Waals surface area (Å²) in [6.07, 6.45) is 0. The molecule has 0 spiro atoms. The van der Waals surface area contributed by atoms with Crippen LogP contribution in [0, 0.1) is 11.3 Å². The van der Waals surface area contributed by atoms with Gasteiger partial charge in [0.1, 0.15) is 18.1 Å². The molecular formula is C15H10N2O2S. The van der Waals surface area contributed by atoms with Gasteiger partial charge >= 0.3 is 0 Å². The number of rotatable bonds is 4. The normalized spacial score (nSPS) is 10.2.